The molecule has 20 heavy (non-hydrogen) atoms. The minimum Gasteiger partial charge on any atom is -0.478 e. The van der Waals surface area contributed by atoms with E-state index in [1.807, 2.05) is 0 Å². The van der Waals surface area contributed by atoms with Gasteiger partial charge in [-0.15, -0.1) is 0 Å². The van der Waals surface area contributed by atoms with Crippen molar-refractivity contribution in [2.24, 2.45) is 0 Å². The smallest absolute Gasteiger partial charge is 0.337 e. The van der Waals surface area contributed by atoms with Crippen molar-refractivity contribution in [1.82, 2.24) is 5.32 Å². The fourth-order valence-corrected chi connectivity index (χ4v) is 1.55. The number of aromatic carboxylic acids is 1. The van der Waals surface area contributed by atoms with Crippen LogP contribution in [0, 0.1) is 5.82 Å². The van der Waals surface area contributed by atoms with E-state index in [1.54, 1.807) is 6.07 Å². The molecule has 2 amide bonds. The third-order valence-corrected chi connectivity index (χ3v) is 2.49. The first-order valence-corrected chi connectivity index (χ1v) is 5.65. The molecule has 1 heterocycles. The number of urea groups is 1. The molecule has 2 aromatic rings. The van der Waals surface area contributed by atoms with E-state index in [9.17, 15) is 14.0 Å². The van der Waals surface area contributed by atoms with Crippen LogP contribution < -0.4 is 10.6 Å². The quantitative estimate of drug-likeness (QED) is 0.801. The fourth-order valence-electron chi connectivity index (χ4n) is 1.55. The average Bonchev–Trinajstić information content (AvgIpc) is 2.89. The molecule has 2 rings (SSSR count). The van der Waals surface area contributed by atoms with Crippen LogP contribution in [-0.4, -0.2) is 17.1 Å². The van der Waals surface area contributed by atoms with E-state index in [0.29, 0.717) is 0 Å². The number of carbonyl (C=O) groups excluding carboxylic acids is 1. The molecule has 3 N–H and O–H groups in total. The van der Waals surface area contributed by atoms with Crippen LogP contribution in [0.2, 0.25) is 0 Å². The Balaban J connectivity index is 2.03. The van der Waals surface area contributed by atoms with Crippen molar-refractivity contribution in [3.05, 3.63) is 53.7 Å². The lowest BCUT2D eigenvalue weighted by Gasteiger charge is -2.09. The van der Waals surface area contributed by atoms with Gasteiger partial charge in [0.2, 0.25) is 0 Å². The van der Waals surface area contributed by atoms with Crippen molar-refractivity contribution in [3.63, 3.8) is 0 Å². The molecule has 0 atom stereocenters. The predicted molar refractivity (Wildman–Crippen MR) is 67.9 cm³/mol. The maximum atomic E-state index is 13.1. The van der Waals surface area contributed by atoms with Crippen LogP contribution in [0.1, 0.15) is 15.9 Å². The number of carboxylic acid groups (broad SMARTS) is 1. The third-order valence-electron chi connectivity index (χ3n) is 2.49. The van der Waals surface area contributed by atoms with E-state index in [2.05, 4.69) is 10.6 Å². The highest BCUT2D eigenvalue weighted by atomic mass is 19.1. The molecule has 0 fully saturated rings. The van der Waals surface area contributed by atoms with E-state index < -0.39 is 17.8 Å². The maximum Gasteiger partial charge on any atom is 0.337 e. The van der Waals surface area contributed by atoms with Crippen LogP contribution >= 0.6 is 0 Å². The molecule has 0 unspecified atom stereocenters. The van der Waals surface area contributed by atoms with E-state index >= 15 is 0 Å². The van der Waals surface area contributed by atoms with Gasteiger partial charge >= 0.3 is 12.0 Å². The van der Waals surface area contributed by atoms with Gasteiger partial charge in [0.25, 0.3) is 0 Å². The summed E-state index contributed by atoms with van der Waals surface area (Å²) in [7, 11) is 0. The monoisotopic (exact) mass is 278 g/mol. The highest BCUT2D eigenvalue weighted by Crippen LogP contribution is 2.17. The molecule has 1 aromatic heterocycles. The number of hydrogen-bond donors (Lipinski definition) is 3. The second-order valence-corrected chi connectivity index (χ2v) is 3.93. The Labute approximate surface area is 113 Å². The number of amides is 2. The summed E-state index contributed by atoms with van der Waals surface area (Å²) in [6, 6.07) is 4.08. The van der Waals surface area contributed by atoms with Crippen LogP contribution in [0.4, 0.5) is 14.9 Å². The zero-order valence-electron chi connectivity index (χ0n) is 10.2. The maximum absolute atomic E-state index is 13.1. The summed E-state index contributed by atoms with van der Waals surface area (Å²) in [5, 5.41) is 13.7. The first-order chi connectivity index (χ1) is 9.56. The molecule has 6 nitrogen and oxygen atoms in total. The summed E-state index contributed by atoms with van der Waals surface area (Å²) in [4.78, 5) is 22.6. The van der Waals surface area contributed by atoms with E-state index in [1.165, 1.54) is 12.5 Å². The SMILES string of the molecule is O=C(NCc1ccoc1)Nc1cc(F)ccc1C(=O)O. The minimum absolute atomic E-state index is 0.109. The van der Waals surface area contributed by atoms with Crippen molar-refractivity contribution in [2.75, 3.05) is 5.32 Å². The number of nitrogens with one attached hydrogen (secondary N) is 2. The van der Waals surface area contributed by atoms with Gasteiger partial charge in [0.15, 0.2) is 0 Å². The van der Waals surface area contributed by atoms with Gasteiger partial charge in [-0.1, -0.05) is 0 Å². The first-order valence-electron chi connectivity index (χ1n) is 5.65. The Kier molecular flexibility index (Phi) is 3.99. The molecule has 0 saturated heterocycles. The molecule has 0 bridgehead atoms. The Morgan fingerprint density at radius 3 is 2.75 bits per heavy atom. The van der Waals surface area contributed by atoms with Gasteiger partial charge in [-0.25, -0.2) is 14.0 Å². The molecule has 0 radical (unpaired) electrons. The van der Waals surface area contributed by atoms with E-state index in [4.69, 9.17) is 9.52 Å². The molecule has 0 spiro atoms. The largest absolute Gasteiger partial charge is 0.478 e. The van der Waals surface area contributed by atoms with Crippen LogP contribution in [0.5, 0.6) is 0 Å². The lowest BCUT2D eigenvalue weighted by Crippen LogP contribution is -2.28. The molecular formula is C13H11FN2O4. The van der Waals surface area contributed by atoms with Crippen molar-refractivity contribution in [2.45, 2.75) is 6.54 Å². The summed E-state index contributed by atoms with van der Waals surface area (Å²) in [6.07, 6.45) is 2.93. The minimum atomic E-state index is -1.25. The van der Waals surface area contributed by atoms with Gasteiger partial charge in [-0.05, 0) is 24.3 Å². The molecule has 104 valence electrons. The predicted octanol–water partition coefficient (Wildman–Crippen LogP) is 2.44. The highest BCUT2D eigenvalue weighted by molar-refractivity contribution is 5.99. The summed E-state index contributed by atoms with van der Waals surface area (Å²) in [5.41, 5.74) is 0.449. The Morgan fingerprint density at radius 1 is 1.30 bits per heavy atom. The number of carbonyl (C=O) groups is 2. The molecule has 0 aliphatic carbocycles. The highest BCUT2D eigenvalue weighted by Gasteiger charge is 2.13. The summed E-state index contributed by atoms with van der Waals surface area (Å²) in [6.45, 7) is 0.208. The molecule has 0 aliphatic rings. The Morgan fingerprint density at radius 2 is 2.10 bits per heavy atom. The summed E-state index contributed by atoms with van der Waals surface area (Å²) >= 11 is 0. The van der Waals surface area contributed by atoms with Crippen LogP contribution in [-0.2, 0) is 6.54 Å². The van der Waals surface area contributed by atoms with Gasteiger partial charge in [0.05, 0.1) is 23.8 Å². The van der Waals surface area contributed by atoms with Gasteiger partial charge in [0.1, 0.15) is 5.82 Å². The first kappa shape index (κ1) is 13.6. The molecule has 1 aromatic carbocycles. The van der Waals surface area contributed by atoms with Crippen molar-refractivity contribution < 1.29 is 23.5 Å². The molecule has 0 saturated carbocycles. The van der Waals surface area contributed by atoms with Crippen molar-refractivity contribution >= 4 is 17.7 Å². The van der Waals surface area contributed by atoms with Gasteiger partial charge < -0.3 is 20.2 Å². The number of carboxylic acids is 1. The van der Waals surface area contributed by atoms with Gasteiger partial charge in [0, 0.05) is 12.1 Å². The number of halogens is 1. The summed E-state index contributed by atoms with van der Waals surface area (Å²) in [5.74, 6) is -1.89. The Hall–Kier alpha value is -2.83. The van der Waals surface area contributed by atoms with Crippen molar-refractivity contribution in [1.29, 1.82) is 0 Å². The Bertz CT molecular complexity index is 625. The van der Waals surface area contributed by atoms with Gasteiger partial charge in [-0.2, -0.15) is 0 Å². The lowest BCUT2D eigenvalue weighted by atomic mass is 10.2. The fraction of sp³-hybridized carbons (Fsp3) is 0.0769. The van der Waals surface area contributed by atoms with Crippen LogP contribution in [0.15, 0.2) is 41.2 Å². The third kappa shape index (κ3) is 3.35. The van der Waals surface area contributed by atoms with Crippen LogP contribution in [0.25, 0.3) is 0 Å². The zero-order valence-corrected chi connectivity index (χ0v) is 10.2. The van der Waals surface area contributed by atoms with Crippen LogP contribution in [0.3, 0.4) is 0 Å². The number of furan rings is 1. The molecular weight excluding hydrogens is 267 g/mol. The van der Waals surface area contributed by atoms with E-state index in [0.717, 1.165) is 23.8 Å². The van der Waals surface area contributed by atoms with Gasteiger partial charge in [-0.3, -0.25) is 0 Å². The number of rotatable bonds is 4. The molecule has 7 heteroatoms. The van der Waals surface area contributed by atoms with E-state index in [-0.39, 0.29) is 17.8 Å². The topological polar surface area (TPSA) is 91.6 Å². The second kappa shape index (κ2) is 5.87. The number of hydrogen-bond acceptors (Lipinski definition) is 3. The standard InChI is InChI=1S/C13H11FN2O4/c14-9-1-2-10(12(17)18)11(5-9)16-13(19)15-6-8-3-4-20-7-8/h1-5,7H,6H2,(H,17,18)(H2,15,16,19). The molecule has 0 aliphatic heterocycles. The van der Waals surface area contributed by atoms with Crippen molar-refractivity contribution in [3.8, 4) is 0 Å². The second-order valence-electron chi connectivity index (χ2n) is 3.93. The zero-order chi connectivity index (χ0) is 14.5. The number of anilines is 1. The number of benzene rings is 1. The summed E-state index contributed by atoms with van der Waals surface area (Å²) < 4.78 is 17.9. The normalized spacial score (nSPS) is 10.1. The average molecular weight is 278 g/mol. The lowest BCUT2D eigenvalue weighted by molar-refractivity contribution is 0.0698.